The van der Waals surface area contributed by atoms with Crippen LogP contribution in [0.4, 0.5) is 5.82 Å². The zero-order valence-corrected chi connectivity index (χ0v) is 15.1. The van der Waals surface area contributed by atoms with Crippen molar-refractivity contribution in [1.29, 1.82) is 0 Å². The predicted octanol–water partition coefficient (Wildman–Crippen LogP) is 2.25. The second-order valence-electron chi connectivity index (χ2n) is 4.46. The number of nitrogens with zero attached hydrogens (tertiary/aromatic N) is 2. The summed E-state index contributed by atoms with van der Waals surface area (Å²) in [6.07, 6.45) is 1.73. The summed E-state index contributed by atoms with van der Waals surface area (Å²) in [6, 6.07) is 0. The second kappa shape index (κ2) is 11.1. The SMILES string of the molecule is CCCNc1nc(CCOCCOC)nc(COC)c1I. The normalized spacial score (nSPS) is 10.9. The summed E-state index contributed by atoms with van der Waals surface area (Å²) < 4.78 is 16.6. The highest BCUT2D eigenvalue weighted by Gasteiger charge is 2.12. The lowest BCUT2D eigenvalue weighted by Gasteiger charge is -2.12. The quantitative estimate of drug-likeness (QED) is 0.447. The molecule has 0 aliphatic carbocycles. The Morgan fingerprint density at radius 3 is 2.57 bits per heavy atom. The summed E-state index contributed by atoms with van der Waals surface area (Å²) in [5.74, 6) is 1.66. The van der Waals surface area contributed by atoms with E-state index in [0.29, 0.717) is 32.8 Å². The smallest absolute Gasteiger partial charge is 0.143 e. The largest absolute Gasteiger partial charge is 0.382 e. The molecular weight excluding hydrogens is 385 g/mol. The minimum absolute atomic E-state index is 0.485. The van der Waals surface area contributed by atoms with Gasteiger partial charge in [-0.05, 0) is 29.0 Å². The first-order chi connectivity index (χ1) is 10.2. The Morgan fingerprint density at radius 1 is 1.10 bits per heavy atom. The first-order valence-electron chi connectivity index (χ1n) is 7.07. The van der Waals surface area contributed by atoms with Gasteiger partial charge in [-0.2, -0.15) is 0 Å². The molecule has 0 aromatic carbocycles. The molecule has 1 rings (SSSR count). The van der Waals surface area contributed by atoms with Crippen LogP contribution in [0.2, 0.25) is 0 Å². The lowest BCUT2D eigenvalue weighted by atomic mass is 10.3. The minimum Gasteiger partial charge on any atom is -0.382 e. The van der Waals surface area contributed by atoms with E-state index in [9.17, 15) is 0 Å². The lowest BCUT2D eigenvalue weighted by molar-refractivity contribution is 0.0716. The number of hydrogen-bond donors (Lipinski definition) is 1. The summed E-state index contributed by atoms with van der Waals surface area (Å²) in [6.45, 7) is 5.28. The number of aromatic nitrogens is 2. The average Bonchev–Trinajstić information content (AvgIpc) is 2.48. The molecule has 0 bridgehead atoms. The van der Waals surface area contributed by atoms with Crippen LogP contribution < -0.4 is 5.32 Å². The van der Waals surface area contributed by atoms with Gasteiger partial charge in [-0.15, -0.1) is 0 Å². The molecule has 0 saturated heterocycles. The fourth-order valence-corrected chi connectivity index (χ4v) is 2.24. The molecule has 0 aliphatic heterocycles. The van der Waals surface area contributed by atoms with Gasteiger partial charge in [0.15, 0.2) is 0 Å². The molecule has 1 N–H and O–H groups in total. The summed E-state index contributed by atoms with van der Waals surface area (Å²) in [7, 11) is 3.33. The maximum absolute atomic E-state index is 5.47. The Labute approximate surface area is 140 Å². The van der Waals surface area contributed by atoms with Gasteiger partial charge in [0.05, 0.1) is 35.7 Å². The standard InChI is InChI=1S/C14H24IN3O3/c1-4-6-16-14-13(15)11(10-20-3)17-12(18-14)5-7-21-9-8-19-2/h4-10H2,1-3H3,(H,16,17,18). The van der Waals surface area contributed by atoms with Gasteiger partial charge >= 0.3 is 0 Å². The van der Waals surface area contributed by atoms with Crippen LogP contribution in [0.1, 0.15) is 24.9 Å². The maximum atomic E-state index is 5.47. The third-order valence-corrected chi connectivity index (χ3v) is 3.82. The lowest BCUT2D eigenvalue weighted by Crippen LogP contribution is -2.13. The van der Waals surface area contributed by atoms with E-state index in [1.54, 1.807) is 14.2 Å². The molecular formula is C14H24IN3O3. The van der Waals surface area contributed by atoms with Gasteiger partial charge in [0.25, 0.3) is 0 Å². The highest BCUT2D eigenvalue weighted by molar-refractivity contribution is 14.1. The number of methoxy groups -OCH3 is 2. The van der Waals surface area contributed by atoms with E-state index in [4.69, 9.17) is 14.2 Å². The van der Waals surface area contributed by atoms with Crippen molar-refractivity contribution in [3.8, 4) is 0 Å². The van der Waals surface area contributed by atoms with E-state index in [-0.39, 0.29) is 0 Å². The number of hydrogen-bond acceptors (Lipinski definition) is 6. The van der Waals surface area contributed by atoms with Crippen molar-refractivity contribution in [3.05, 3.63) is 15.1 Å². The van der Waals surface area contributed by atoms with Gasteiger partial charge in [-0.1, -0.05) is 6.92 Å². The summed E-state index contributed by atoms with van der Waals surface area (Å²) >= 11 is 2.26. The van der Waals surface area contributed by atoms with E-state index in [0.717, 1.165) is 33.9 Å². The van der Waals surface area contributed by atoms with Crippen molar-refractivity contribution >= 4 is 28.4 Å². The van der Waals surface area contributed by atoms with Gasteiger partial charge in [0.2, 0.25) is 0 Å². The number of anilines is 1. The number of halogens is 1. The molecule has 0 aliphatic rings. The molecule has 0 atom stereocenters. The van der Waals surface area contributed by atoms with E-state index < -0.39 is 0 Å². The molecule has 1 heterocycles. The van der Waals surface area contributed by atoms with Crippen LogP contribution in [0.3, 0.4) is 0 Å². The molecule has 0 fully saturated rings. The van der Waals surface area contributed by atoms with Crippen molar-refractivity contribution in [2.24, 2.45) is 0 Å². The molecule has 0 amide bonds. The highest BCUT2D eigenvalue weighted by Crippen LogP contribution is 2.20. The summed E-state index contributed by atoms with van der Waals surface area (Å²) in [4.78, 5) is 9.13. The minimum atomic E-state index is 0.485. The van der Waals surface area contributed by atoms with Gasteiger partial charge < -0.3 is 19.5 Å². The van der Waals surface area contributed by atoms with Crippen LogP contribution in [0.25, 0.3) is 0 Å². The van der Waals surface area contributed by atoms with Crippen molar-refractivity contribution in [1.82, 2.24) is 9.97 Å². The zero-order chi connectivity index (χ0) is 15.5. The van der Waals surface area contributed by atoms with E-state index in [2.05, 4.69) is 44.8 Å². The first-order valence-corrected chi connectivity index (χ1v) is 8.15. The third kappa shape index (κ3) is 6.86. The zero-order valence-electron chi connectivity index (χ0n) is 12.9. The molecule has 0 radical (unpaired) electrons. The van der Waals surface area contributed by atoms with Crippen LogP contribution in [0.15, 0.2) is 0 Å². The van der Waals surface area contributed by atoms with Gasteiger partial charge in [0.1, 0.15) is 11.6 Å². The fourth-order valence-electron chi connectivity index (χ4n) is 1.66. The van der Waals surface area contributed by atoms with Crippen molar-refractivity contribution in [3.63, 3.8) is 0 Å². The number of ether oxygens (including phenoxy) is 3. The number of nitrogens with one attached hydrogen (secondary N) is 1. The molecule has 0 unspecified atom stereocenters. The Bertz CT molecular complexity index is 419. The Hall–Kier alpha value is -0.510. The van der Waals surface area contributed by atoms with Crippen LogP contribution in [-0.2, 0) is 27.2 Å². The average molecular weight is 409 g/mol. The molecule has 120 valence electrons. The van der Waals surface area contributed by atoms with E-state index in [1.807, 2.05) is 0 Å². The molecule has 0 spiro atoms. The topological polar surface area (TPSA) is 65.5 Å². The van der Waals surface area contributed by atoms with Crippen LogP contribution in [-0.4, -0.2) is 50.6 Å². The first kappa shape index (κ1) is 18.5. The Morgan fingerprint density at radius 2 is 1.90 bits per heavy atom. The van der Waals surface area contributed by atoms with E-state index >= 15 is 0 Å². The van der Waals surface area contributed by atoms with Crippen molar-refractivity contribution in [2.45, 2.75) is 26.4 Å². The van der Waals surface area contributed by atoms with Gasteiger partial charge in [-0.3, -0.25) is 0 Å². The maximum Gasteiger partial charge on any atom is 0.143 e. The second-order valence-corrected chi connectivity index (χ2v) is 5.54. The molecule has 0 saturated carbocycles. The van der Waals surface area contributed by atoms with Crippen molar-refractivity contribution in [2.75, 3.05) is 45.9 Å². The molecule has 7 heteroatoms. The molecule has 21 heavy (non-hydrogen) atoms. The number of rotatable bonds is 11. The fraction of sp³-hybridized carbons (Fsp3) is 0.714. The Balaban J connectivity index is 2.70. The monoisotopic (exact) mass is 409 g/mol. The molecule has 1 aromatic rings. The Kier molecular flexibility index (Phi) is 9.81. The van der Waals surface area contributed by atoms with E-state index in [1.165, 1.54) is 0 Å². The van der Waals surface area contributed by atoms with Crippen LogP contribution >= 0.6 is 22.6 Å². The molecule has 6 nitrogen and oxygen atoms in total. The third-order valence-electron chi connectivity index (χ3n) is 2.69. The van der Waals surface area contributed by atoms with Gasteiger partial charge in [0, 0.05) is 27.2 Å². The van der Waals surface area contributed by atoms with Crippen LogP contribution in [0.5, 0.6) is 0 Å². The molecule has 1 aromatic heterocycles. The summed E-state index contributed by atoms with van der Waals surface area (Å²) in [5.41, 5.74) is 0.915. The predicted molar refractivity (Wildman–Crippen MR) is 90.6 cm³/mol. The highest BCUT2D eigenvalue weighted by atomic mass is 127. The van der Waals surface area contributed by atoms with Gasteiger partial charge in [-0.25, -0.2) is 9.97 Å². The van der Waals surface area contributed by atoms with Crippen molar-refractivity contribution < 1.29 is 14.2 Å². The summed E-state index contributed by atoms with van der Waals surface area (Å²) in [5, 5.41) is 3.34. The van der Waals surface area contributed by atoms with Crippen LogP contribution in [0, 0.1) is 3.57 Å².